The number of halogens is 1. The molecule has 1 unspecified atom stereocenters. The number of ether oxygens (including phenoxy) is 1. The lowest BCUT2D eigenvalue weighted by molar-refractivity contribution is 0.338. The van der Waals surface area contributed by atoms with Gasteiger partial charge in [-0.2, -0.15) is 0 Å². The van der Waals surface area contributed by atoms with Gasteiger partial charge < -0.3 is 10.1 Å². The normalized spacial score (nSPS) is 12.3. The Hall–Kier alpha value is -0.910. The second-order valence-electron chi connectivity index (χ2n) is 4.46. The number of nitrogens with one attached hydrogen (secondary N) is 1. The summed E-state index contributed by atoms with van der Waals surface area (Å²) in [6.07, 6.45) is 4.76. The summed E-state index contributed by atoms with van der Waals surface area (Å²) in [7, 11) is 0. The quantitative estimate of drug-likeness (QED) is 0.800. The summed E-state index contributed by atoms with van der Waals surface area (Å²) >= 11 is 5.23. The summed E-state index contributed by atoms with van der Waals surface area (Å²) < 4.78 is 6.69. The van der Waals surface area contributed by atoms with Crippen LogP contribution in [0.5, 0.6) is 5.75 Å². The SMILES string of the molecule is CCCNC(c1cncc(OCC)c1)c1csc(Br)c1. The summed E-state index contributed by atoms with van der Waals surface area (Å²) in [5, 5.41) is 5.75. The summed E-state index contributed by atoms with van der Waals surface area (Å²) in [5.41, 5.74) is 2.39. The van der Waals surface area contributed by atoms with Crippen LogP contribution in [-0.2, 0) is 0 Å². The van der Waals surface area contributed by atoms with Crippen molar-refractivity contribution < 1.29 is 4.74 Å². The fraction of sp³-hybridized carbons (Fsp3) is 0.400. The Kier molecular flexibility index (Phi) is 6.01. The molecule has 0 aliphatic rings. The van der Waals surface area contributed by atoms with Crippen LogP contribution in [0.2, 0.25) is 0 Å². The van der Waals surface area contributed by atoms with E-state index in [2.05, 4.69) is 50.7 Å². The minimum Gasteiger partial charge on any atom is -0.492 e. The van der Waals surface area contributed by atoms with Gasteiger partial charge in [-0.25, -0.2) is 0 Å². The second-order valence-corrected chi connectivity index (χ2v) is 6.75. The predicted octanol–water partition coefficient (Wildman–Crippen LogP) is 4.39. The van der Waals surface area contributed by atoms with Crippen molar-refractivity contribution in [3.05, 3.63) is 44.8 Å². The number of hydrogen-bond acceptors (Lipinski definition) is 4. The first-order valence-corrected chi connectivity index (χ1v) is 8.47. The van der Waals surface area contributed by atoms with Gasteiger partial charge in [-0.15, -0.1) is 11.3 Å². The van der Waals surface area contributed by atoms with Crippen molar-refractivity contribution in [2.45, 2.75) is 26.3 Å². The van der Waals surface area contributed by atoms with E-state index in [4.69, 9.17) is 4.74 Å². The Bertz CT molecular complexity index is 544. The number of hydrogen-bond donors (Lipinski definition) is 1. The van der Waals surface area contributed by atoms with Gasteiger partial charge in [-0.3, -0.25) is 4.98 Å². The lowest BCUT2D eigenvalue weighted by Crippen LogP contribution is -2.23. The maximum absolute atomic E-state index is 5.55. The second kappa shape index (κ2) is 7.76. The van der Waals surface area contributed by atoms with E-state index in [0.717, 1.165) is 28.1 Å². The summed E-state index contributed by atoms with van der Waals surface area (Å²) in [4.78, 5) is 4.29. The van der Waals surface area contributed by atoms with Gasteiger partial charge in [0.1, 0.15) is 5.75 Å². The summed E-state index contributed by atoms with van der Waals surface area (Å²) in [6.45, 7) is 5.77. The van der Waals surface area contributed by atoms with Gasteiger partial charge >= 0.3 is 0 Å². The van der Waals surface area contributed by atoms with Gasteiger partial charge in [0.05, 0.1) is 22.6 Å². The molecule has 0 radical (unpaired) electrons. The van der Waals surface area contributed by atoms with Crippen LogP contribution in [0.15, 0.2) is 33.7 Å². The molecule has 1 N–H and O–H groups in total. The van der Waals surface area contributed by atoms with Crippen LogP contribution in [0.25, 0.3) is 0 Å². The monoisotopic (exact) mass is 354 g/mol. The third-order valence-electron chi connectivity index (χ3n) is 2.90. The molecule has 2 heterocycles. The van der Waals surface area contributed by atoms with Crippen molar-refractivity contribution in [2.24, 2.45) is 0 Å². The number of aromatic nitrogens is 1. The molecule has 0 aliphatic carbocycles. The molecule has 108 valence electrons. The van der Waals surface area contributed by atoms with E-state index in [1.165, 1.54) is 5.56 Å². The molecule has 0 bridgehead atoms. The standard InChI is InChI=1S/C15H19BrN2OS/c1-3-5-18-15(12-7-14(16)20-10-12)11-6-13(19-4-2)9-17-8-11/h6-10,15,18H,3-5H2,1-2H3. The molecule has 2 aromatic rings. The number of thiophene rings is 1. The van der Waals surface area contributed by atoms with E-state index in [9.17, 15) is 0 Å². The van der Waals surface area contributed by atoms with E-state index < -0.39 is 0 Å². The molecule has 0 spiro atoms. The Morgan fingerprint density at radius 3 is 2.80 bits per heavy atom. The number of pyridine rings is 1. The van der Waals surface area contributed by atoms with Gasteiger partial charge in [0.2, 0.25) is 0 Å². The molecule has 0 saturated carbocycles. The van der Waals surface area contributed by atoms with Crippen LogP contribution in [0.1, 0.15) is 37.4 Å². The molecular weight excluding hydrogens is 336 g/mol. The fourth-order valence-corrected chi connectivity index (χ4v) is 3.23. The molecule has 5 heteroatoms. The maximum Gasteiger partial charge on any atom is 0.137 e. The highest BCUT2D eigenvalue weighted by Gasteiger charge is 2.16. The van der Waals surface area contributed by atoms with Crippen LogP contribution < -0.4 is 10.1 Å². The topological polar surface area (TPSA) is 34.2 Å². The van der Waals surface area contributed by atoms with Crippen molar-refractivity contribution in [1.29, 1.82) is 0 Å². The van der Waals surface area contributed by atoms with Gasteiger partial charge in [0, 0.05) is 6.20 Å². The van der Waals surface area contributed by atoms with Crippen molar-refractivity contribution in [1.82, 2.24) is 10.3 Å². The minimum absolute atomic E-state index is 0.158. The number of nitrogens with zero attached hydrogens (tertiary/aromatic N) is 1. The Morgan fingerprint density at radius 2 is 2.15 bits per heavy atom. The molecule has 0 saturated heterocycles. The zero-order valence-electron chi connectivity index (χ0n) is 11.7. The summed E-state index contributed by atoms with van der Waals surface area (Å²) in [5.74, 6) is 0.822. The van der Waals surface area contributed by atoms with Gasteiger partial charge in [-0.1, -0.05) is 6.92 Å². The third kappa shape index (κ3) is 4.04. The molecule has 20 heavy (non-hydrogen) atoms. The van der Waals surface area contributed by atoms with Crippen molar-refractivity contribution in [3.63, 3.8) is 0 Å². The van der Waals surface area contributed by atoms with Gasteiger partial charge in [-0.05, 0) is 64.5 Å². The average Bonchev–Trinajstić information content (AvgIpc) is 2.87. The minimum atomic E-state index is 0.158. The molecule has 3 nitrogen and oxygen atoms in total. The largest absolute Gasteiger partial charge is 0.492 e. The van der Waals surface area contributed by atoms with Crippen LogP contribution >= 0.6 is 27.3 Å². The molecule has 0 fully saturated rings. The molecular formula is C15H19BrN2OS. The fourth-order valence-electron chi connectivity index (χ4n) is 2.03. The highest BCUT2D eigenvalue weighted by molar-refractivity contribution is 9.11. The predicted molar refractivity (Wildman–Crippen MR) is 87.6 cm³/mol. The molecule has 0 aliphatic heterocycles. The summed E-state index contributed by atoms with van der Waals surface area (Å²) in [6, 6.07) is 4.38. The Labute approximate surface area is 132 Å². The van der Waals surface area contributed by atoms with Crippen molar-refractivity contribution in [3.8, 4) is 5.75 Å². The first-order chi connectivity index (χ1) is 9.74. The first kappa shape index (κ1) is 15.5. The first-order valence-electron chi connectivity index (χ1n) is 6.79. The van der Waals surface area contributed by atoms with Gasteiger partial charge in [0.15, 0.2) is 0 Å². The van der Waals surface area contributed by atoms with Crippen LogP contribution in [0.4, 0.5) is 0 Å². The zero-order valence-corrected chi connectivity index (χ0v) is 14.1. The van der Waals surface area contributed by atoms with Crippen LogP contribution in [0, 0.1) is 0 Å². The molecule has 2 rings (SSSR count). The highest BCUT2D eigenvalue weighted by Crippen LogP contribution is 2.30. The van der Waals surface area contributed by atoms with E-state index >= 15 is 0 Å². The molecule has 0 aromatic carbocycles. The van der Waals surface area contributed by atoms with E-state index in [1.54, 1.807) is 17.5 Å². The van der Waals surface area contributed by atoms with Crippen LogP contribution in [-0.4, -0.2) is 18.1 Å². The third-order valence-corrected chi connectivity index (χ3v) is 4.42. The zero-order chi connectivity index (χ0) is 14.4. The van der Waals surface area contributed by atoms with Crippen molar-refractivity contribution in [2.75, 3.05) is 13.2 Å². The number of rotatable bonds is 7. The lowest BCUT2D eigenvalue weighted by atomic mass is 10.0. The average molecular weight is 355 g/mol. The lowest BCUT2D eigenvalue weighted by Gasteiger charge is -2.18. The maximum atomic E-state index is 5.55. The van der Waals surface area contributed by atoms with E-state index in [-0.39, 0.29) is 6.04 Å². The Morgan fingerprint density at radius 1 is 1.30 bits per heavy atom. The van der Waals surface area contributed by atoms with E-state index in [0.29, 0.717) is 6.61 Å². The van der Waals surface area contributed by atoms with Crippen molar-refractivity contribution >= 4 is 27.3 Å². The van der Waals surface area contributed by atoms with Gasteiger partial charge in [0.25, 0.3) is 0 Å². The molecule has 1 atom stereocenters. The highest BCUT2D eigenvalue weighted by atomic mass is 79.9. The Balaban J connectivity index is 2.28. The smallest absolute Gasteiger partial charge is 0.137 e. The van der Waals surface area contributed by atoms with E-state index in [1.807, 2.05) is 13.1 Å². The molecule has 2 aromatic heterocycles. The molecule has 0 amide bonds. The van der Waals surface area contributed by atoms with Crippen LogP contribution in [0.3, 0.4) is 0 Å².